The van der Waals surface area contributed by atoms with Crippen molar-refractivity contribution in [2.45, 2.75) is 71.4 Å². The largest absolute Gasteiger partial charge is 0.444 e. The summed E-state index contributed by atoms with van der Waals surface area (Å²) in [4.78, 5) is 16.5. The SMILES string of the molecule is CCC(CC)(CNC(=NC)NCCC1=CCOCC1)NC(=O)OC(C)(C)C.I. The lowest BCUT2D eigenvalue weighted by Crippen LogP contribution is -2.57. The molecular formula is C20H39IN4O3. The number of ether oxygens (including phenoxy) is 2. The Bertz CT molecular complexity index is 526. The van der Waals surface area contributed by atoms with Gasteiger partial charge in [-0.3, -0.25) is 4.99 Å². The van der Waals surface area contributed by atoms with E-state index in [1.165, 1.54) is 5.57 Å². The van der Waals surface area contributed by atoms with E-state index in [9.17, 15) is 4.79 Å². The number of alkyl carbamates (subject to hydrolysis) is 1. The number of halogens is 1. The molecule has 1 amide bonds. The number of hydrogen-bond donors (Lipinski definition) is 3. The van der Waals surface area contributed by atoms with Crippen molar-refractivity contribution in [1.82, 2.24) is 16.0 Å². The Kier molecular flexibility index (Phi) is 12.8. The van der Waals surface area contributed by atoms with Gasteiger partial charge in [-0.2, -0.15) is 0 Å². The first-order valence-electron chi connectivity index (χ1n) is 9.95. The fourth-order valence-corrected chi connectivity index (χ4v) is 2.85. The maximum absolute atomic E-state index is 12.2. The number of carbonyl (C=O) groups is 1. The minimum atomic E-state index is -0.513. The second-order valence-corrected chi connectivity index (χ2v) is 7.90. The molecule has 7 nitrogen and oxygen atoms in total. The van der Waals surface area contributed by atoms with Crippen LogP contribution < -0.4 is 16.0 Å². The van der Waals surface area contributed by atoms with Gasteiger partial charge in [0.2, 0.25) is 0 Å². The Balaban J connectivity index is 0.00000729. The van der Waals surface area contributed by atoms with Gasteiger partial charge in [-0.05, 0) is 46.5 Å². The molecule has 0 spiro atoms. The fourth-order valence-electron chi connectivity index (χ4n) is 2.85. The summed E-state index contributed by atoms with van der Waals surface area (Å²) in [6, 6.07) is 0. The van der Waals surface area contributed by atoms with E-state index in [4.69, 9.17) is 9.47 Å². The molecule has 0 saturated heterocycles. The molecule has 0 bridgehead atoms. The molecule has 1 aliphatic heterocycles. The zero-order chi connectivity index (χ0) is 20.3. The third-order valence-corrected chi connectivity index (χ3v) is 4.73. The number of aliphatic imine (C=N–C) groups is 1. The molecule has 3 N–H and O–H groups in total. The van der Waals surface area contributed by atoms with Gasteiger partial charge in [0.05, 0.1) is 18.8 Å². The van der Waals surface area contributed by atoms with Gasteiger partial charge >= 0.3 is 6.09 Å². The second-order valence-electron chi connectivity index (χ2n) is 7.90. The van der Waals surface area contributed by atoms with Crippen molar-refractivity contribution in [3.8, 4) is 0 Å². The summed E-state index contributed by atoms with van der Waals surface area (Å²) >= 11 is 0. The van der Waals surface area contributed by atoms with Crippen molar-refractivity contribution in [2.24, 2.45) is 4.99 Å². The summed E-state index contributed by atoms with van der Waals surface area (Å²) in [5.74, 6) is 0.736. The molecule has 0 aliphatic carbocycles. The molecule has 0 aromatic carbocycles. The van der Waals surface area contributed by atoms with E-state index in [0.29, 0.717) is 13.2 Å². The van der Waals surface area contributed by atoms with Crippen molar-refractivity contribution in [2.75, 3.05) is 33.4 Å². The molecule has 0 aromatic heterocycles. The summed E-state index contributed by atoms with van der Waals surface area (Å²) in [6.45, 7) is 12.6. The number of carbonyl (C=O) groups excluding carboxylic acids is 1. The highest BCUT2D eigenvalue weighted by Crippen LogP contribution is 2.16. The van der Waals surface area contributed by atoms with Crippen LogP contribution in [0.5, 0.6) is 0 Å². The third kappa shape index (κ3) is 10.5. The number of amides is 1. The Morgan fingerprint density at radius 2 is 1.93 bits per heavy atom. The molecule has 0 unspecified atom stereocenters. The lowest BCUT2D eigenvalue weighted by Gasteiger charge is -2.34. The number of hydrogen-bond acceptors (Lipinski definition) is 4. The maximum Gasteiger partial charge on any atom is 0.408 e. The van der Waals surface area contributed by atoms with Crippen LogP contribution in [0.2, 0.25) is 0 Å². The van der Waals surface area contributed by atoms with Gasteiger partial charge in [0.25, 0.3) is 0 Å². The predicted octanol–water partition coefficient (Wildman–Crippen LogP) is 3.59. The molecule has 8 heteroatoms. The molecule has 0 aromatic rings. The number of guanidine groups is 1. The van der Waals surface area contributed by atoms with E-state index in [1.54, 1.807) is 7.05 Å². The molecule has 0 fully saturated rings. The smallest absolute Gasteiger partial charge is 0.408 e. The van der Waals surface area contributed by atoms with Gasteiger partial charge < -0.3 is 25.4 Å². The van der Waals surface area contributed by atoms with Crippen LogP contribution in [0.15, 0.2) is 16.6 Å². The normalized spacial score (nSPS) is 15.2. The Morgan fingerprint density at radius 3 is 2.43 bits per heavy atom. The van der Waals surface area contributed by atoms with Crippen molar-refractivity contribution in [3.63, 3.8) is 0 Å². The number of nitrogens with zero attached hydrogens (tertiary/aromatic N) is 1. The van der Waals surface area contributed by atoms with Crippen LogP contribution in [0.1, 0.15) is 60.3 Å². The van der Waals surface area contributed by atoms with Crippen molar-refractivity contribution in [1.29, 1.82) is 0 Å². The summed E-state index contributed by atoms with van der Waals surface area (Å²) in [7, 11) is 1.75. The van der Waals surface area contributed by atoms with E-state index >= 15 is 0 Å². The van der Waals surface area contributed by atoms with Crippen LogP contribution >= 0.6 is 24.0 Å². The molecule has 164 valence electrons. The average Bonchev–Trinajstić information content (AvgIpc) is 2.62. The topological polar surface area (TPSA) is 84.0 Å². The van der Waals surface area contributed by atoms with Crippen LogP contribution in [-0.4, -0.2) is 56.5 Å². The Hall–Kier alpha value is -1.03. The standard InChI is InChI=1S/C20H38N4O3.HI/c1-7-20(8-2,24-18(25)27-19(3,4)5)15-23-17(21-6)22-12-9-16-10-13-26-14-11-16;/h10H,7-9,11-15H2,1-6H3,(H,24,25)(H2,21,22,23);1H. The van der Waals surface area contributed by atoms with Crippen molar-refractivity contribution < 1.29 is 14.3 Å². The van der Waals surface area contributed by atoms with Gasteiger partial charge in [0, 0.05) is 20.1 Å². The predicted molar refractivity (Wildman–Crippen MR) is 126 cm³/mol. The second kappa shape index (κ2) is 13.2. The molecule has 1 aliphatic rings. The third-order valence-electron chi connectivity index (χ3n) is 4.73. The molecule has 1 heterocycles. The minimum absolute atomic E-state index is 0. The summed E-state index contributed by atoms with van der Waals surface area (Å²) in [5, 5.41) is 9.73. The van der Waals surface area contributed by atoms with Gasteiger partial charge in [0.15, 0.2) is 5.96 Å². The van der Waals surface area contributed by atoms with Crippen molar-refractivity contribution >= 4 is 36.0 Å². The van der Waals surface area contributed by atoms with Crippen LogP contribution in [-0.2, 0) is 9.47 Å². The first kappa shape index (κ1) is 27.0. The van der Waals surface area contributed by atoms with Gasteiger partial charge in [-0.15, -0.1) is 24.0 Å². The van der Waals surface area contributed by atoms with Crippen LogP contribution in [0.4, 0.5) is 4.79 Å². The summed E-state index contributed by atoms with van der Waals surface area (Å²) in [6.07, 6.45) is 5.34. The highest BCUT2D eigenvalue weighted by atomic mass is 127. The fraction of sp³-hybridized carbons (Fsp3) is 0.800. The molecule has 0 saturated carbocycles. The molecule has 0 atom stereocenters. The molecule has 0 radical (unpaired) electrons. The zero-order valence-electron chi connectivity index (χ0n) is 18.3. The number of nitrogens with one attached hydrogen (secondary N) is 3. The van der Waals surface area contributed by atoms with Crippen LogP contribution in [0, 0.1) is 0 Å². The van der Waals surface area contributed by atoms with E-state index in [2.05, 4.69) is 40.9 Å². The summed E-state index contributed by atoms with van der Waals surface area (Å²) < 4.78 is 10.8. The van der Waals surface area contributed by atoms with E-state index in [0.717, 1.165) is 44.8 Å². The van der Waals surface area contributed by atoms with Gasteiger partial charge in [-0.25, -0.2) is 4.79 Å². The molecule has 28 heavy (non-hydrogen) atoms. The molecular weight excluding hydrogens is 471 g/mol. The van der Waals surface area contributed by atoms with E-state index < -0.39 is 5.60 Å². The monoisotopic (exact) mass is 510 g/mol. The first-order valence-corrected chi connectivity index (χ1v) is 9.95. The summed E-state index contributed by atoms with van der Waals surface area (Å²) in [5.41, 5.74) is 0.525. The Morgan fingerprint density at radius 1 is 1.25 bits per heavy atom. The molecule has 1 rings (SSSR count). The van der Waals surface area contributed by atoms with Crippen LogP contribution in [0.3, 0.4) is 0 Å². The van der Waals surface area contributed by atoms with E-state index in [-0.39, 0.29) is 35.6 Å². The highest BCUT2D eigenvalue weighted by molar-refractivity contribution is 14.0. The Labute approximate surface area is 187 Å². The quantitative estimate of drug-likeness (QED) is 0.201. The van der Waals surface area contributed by atoms with Gasteiger partial charge in [0.1, 0.15) is 5.60 Å². The lowest BCUT2D eigenvalue weighted by atomic mass is 9.93. The van der Waals surface area contributed by atoms with E-state index in [1.807, 2.05) is 20.8 Å². The average molecular weight is 510 g/mol. The van der Waals surface area contributed by atoms with Crippen LogP contribution in [0.25, 0.3) is 0 Å². The minimum Gasteiger partial charge on any atom is -0.444 e. The van der Waals surface area contributed by atoms with Crippen molar-refractivity contribution in [3.05, 3.63) is 11.6 Å². The zero-order valence-corrected chi connectivity index (χ0v) is 20.6. The van der Waals surface area contributed by atoms with Gasteiger partial charge in [-0.1, -0.05) is 25.5 Å². The lowest BCUT2D eigenvalue weighted by molar-refractivity contribution is 0.0448. The number of rotatable bonds is 8. The highest BCUT2D eigenvalue weighted by Gasteiger charge is 2.30. The maximum atomic E-state index is 12.2. The first-order chi connectivity index (χ1) is 12.7.